The number of carbonyl (C=O) groups excluding carboxylic acids is 1. The van der Waals surface area contributed by atoms with Gasteiger partial charge in [0.1, 0.15) is 11.6 Å². The van der Waals surface area contributed by atoms with E-state index < -0.39 is 21.3 Å². The molecule has 0 fully saturated rings. The number of hydrogen-bond acceptors (Lipinski definition) is 5. The maximum atomic E-state index is 12.8. The Hall–Kier alpha value is -2.06. The van der Waals surface area contributed by atoms with Gasteiger partial charge in [-0.25, -0.2) is 13.1 Å². The van der Waals surface area contributed by atoms with Gasteiger partial charge in [0, 0.05) is 10.6 Å². The SMILES string of the molecule is COc1ccc(Cl)cc1C(=O)Nc1c2c(nn1C(C)(C)C)CS(=O)(=O)C2. The number of methoxy groups -OCH3 is 1. The van der Waals surface area contributed by atoms with Gasteiger partial charge in [0.2, 0.25) is 0 Å². The molecule has 3 rings (SSSR count). The predicted molar refractivity (Wildman–Crippen MR) is 99.5 cm³/mol. The molecule has 0 spiro atoms. The summed E-state index contributed by atoms with van der Waals surface area (Å²) >= 11 is 6.00. The normalized spacial score (nSPS) is 15.6. The summed E-state index contributed by atoms with van der Waals surface area (Å²) in [5.41, 5.74) is 0.841. The number of carbonyl (C=O) groups is 1. The van der Waals surface area contributed by atoms with E-state index in [0.29, 0.717) is 27.8 Å². The van der Waals surface area contributed by atoms with Crippen LogP contribution in [0.15, 0.2) is 18.2 Å². The Morgan fingerprint density at radius 1 is 1.31 bits per heavy atom. The third-order valence-electron chi connectivity index (χ3n) is 4.06. The van der Waals surface area contributed by atoms with Gasteiger partial charge >= 0.3 is 0 Å². The van der Waals surface area contributed by atoms with Crippen molar-refractivity contribution in [3.05, 3.63) is 40.0 Å². The standard InChI is InChI=1S/C17H20ClN3O4S/c1-17(2,3)21-15(12-8-26(23,24)9-13(12)20-21)19-16(22)11-7-10(18)5-6-14(11)25-4/h5-7H,8-9H2,1-4H3,(H,19,22). The zero-order valence-corrected chi connectivity index (χ0v) is 16.5. The molecule has 1 amide bonds. The molecule has 7 nitrogen and oxygen atoms in total. The summed E-state index contributed by atoms with van der Waals surface area (Å²) in [6.45, 7) is 5.79. The van der Waals surface area contributed by atoms with Crippen LogP contribution < -0.4 is 10.1 Å². The summed E-state index contributed by atoms with van der Waals surface area (Å²) < 4.78 is 30.8. The van der Waals surface area contributed by atoms with E-state index in [1.807, 2.05) is 20.8 Å². The third kappa shape index (κ3) is 3.43. The van der Waals surface area contributed by atoms with Crippen molar-refractivity contribution in [1.82, 2.24) is 9.78 Å². The molecule has 0 bridgehead atoms. The highest BCUT2D eigenvalue weighted by molar-refractivity contribution is 7.90. The number of benzene rings is 1. The summed E-state index contributed by atoms with van der Waals surface area (Å²) in [5, 5.41) is 7.64. The van der Waals surface area contributed by atoms with E-state index >= 15 is 0 Å². The third-order valence-corrected chi connectivity index (χ3v) is 5.74. The predicted octanol–water partition coefficient (Wildman–Crippen LogP) is 2.98. The number of hydrogen-bond donors (Lipinski definition) is 1. The van der Waals surface area contributed by atoms with Crippen molar-refractivity contribution in [2.45, 2.75) is 37.8 Å². The summed E-state index contributed by atoms with van der Waals surface area (Å²) in [5.74, 6) is 0.0654. The average molecular weight is 398 g/mol. The molecule has 0 aliphatic carbocycles. The summed E-state index contributed by atoms with van der Waals surface area (Å²) in [6, 6.07) is 4.73. The number of ether oxygens (including phenoxy) is 1. The number of fused-ring (bicyclic) bond motifs is 1. The smallest absolute Gasteiger partial charge is 0.260 e. The minimum atomic E-state index is -3.24. The minimum absolute atomic E-state index is 0.116. The van der Waals surface area contributed by atoms with Gasteiger partial charge in [-0.05, 0) is 39.0 Å². The Labute approximate surface area is 157 Å². The van der Waals surface area contributed by atoms with Crippen molar-refractivity contribution >= 4 is 33.2 Å². The summed E-state index contributed by atoms with van der Waals surface area (Å²) in [4.78, 5) is 12.8. The molecule has 2 aromatic rings. The first-order valence-electron chi connectivity index (χ1n) is 7.98. The highest BCUT2D eigenvalue weighted by Crippen LogP contribution is 2.35. The molecule has 0 unspecified atom stereocenters. The molecule has 1 aliphatic heterocycles. The molecule has 1 aromatic carbocycles. The molecule has 140 valence electrons. The molecular formula is C17H20ClN3O4S. The van der Waals surface area contributed by atoms with Crippen LogP contribution in [0.25, 0.3) is 0 Å². The highest BCUT2D eigenvalue weighted by Gasteiger charge is 2.35. The van der Waals surface area contributed by atoms with Gasteiger partial charge in [-0.1, -0.05) is 11.6 Å². The van der Waals surface area contributed by atoms with E-state index in [0.717, 1.165) is 0 Å². The summed E-state index contributed by atoms with van der Waals surface area (Å²) in [7, 11) is -1.78. The lowest BCUT2D eigenvalue weighted by atomic mass is 10.1. The van der Waals surface area contributed by atoms with Crippen LogP contribution in [0.2, 0.25) is 5.02 Å². The zero-order chi connectivity index (χ0) is 19.3. The largest absolute Gasteiger partial charge is 0.496 e. The van der Waals surface area contributed by atoms with Crippen LogP contribution >= 0.6 is 11.6 Å². The number of rotatable bonds is 3. The maximum absolute atomic E-state index is 12.8. The molecule has 0 radical (unpaired) electrons. The average Bonchev–Trinajstić information content (AvgIpc) is 3.00. The van der Waals surface area contributed by atoms with Gasteiger partial charge in [-0.2, -0.15) is 5.10 Å². The fraction of sp³-hybridized carbons (Fsp3) is 0.412. The second-order valence-corrected chi connectivity index (χ2v) is 9.69. The van der Waals surface area contributed by atoms with Crippen molar-refractivity contribution in [1.29, 1.82) is 0 Å². The monoisotopic (exact) mass is 397 g/mol. The molecule has 2 heterocycles. The number of aromatic nitrogens is 2. The van der Waals surface area contributed by atoms with Crippen LogP contribution in [0.3, 0.4) is 0 Å². The van der Waals surface area contributed by atoms with Gasteiger partial charge in [0.15, 0.2) is 9.84 Å². The number of sulfone groups is 1. The Morgan fingerprint density at radius 2 is 2.00 bits per heavy atom. The van der Waals surface area contributed by atoms with Gasteiger partial charge in [0.25, 0.3) is 5.91 Å². The molecule has 1 aliphatic rings. The fourth-order valence-electron chi connectivity index (χ4n) is 2.89. The molecular weight excluding hydrogens is 378 g/mol. The quantitative estimate of drug-likeness (QED) is 0.859. The molecule has 0 saturated heterocycles. The van der Waals surface area contributed by atoms with E-state index in [-0.39, 0.29) is 17.1 Å². The topological polar surface area (TPSA) is 90.3 Å². The van der Waals surface area contributed by atoms with Gasteiger partial charge in [-0.15, -0.1) is 0 Å². The fourth-order valence-corrected chi connectivity index (χ4v) is 4.55. The maximum Gasteiger partial charge on any atom is 0.260 e. The van der Waals surface area contributed by atoms with Gasteiger partial charge in [0.05, 0.1) is 35.4 Å². The number of anilines is 1. The number of amides is 1. The summed E-state index contributed by atoms with van der Waals surface area (Å²) in [6.07, 6.45) is 0. The first kappa shape index (κ1) is 18.7. The van der Waals surface area contributed by atoms with Crippen LogP contribution in [0, 0.1) is 0 Å². The van der Waals surface area contributed by atoms with E-state index in [2.05, 4.69) is 10.4 Å². The first-order valence-corrected chi connectivity index (χ1v) is 10.2. The molecule has 0 saturated carbocycles. The lowest BCUT2D eigenvalue weighted by molar-refractivity contribution is 0.102. The van der Waals surface area contributed by atoms with E-state index in [9.17, 15) is 13.2 Å². The van der Waals surface area contributed by atoms with Crippen LogP contribution in [-0.2, 0) is 26.9 Å². The molecule has 26 heavy (non-hydrogen) atoms. The van der Waals surface area contributed by atoms with E-state index in [1.54, 1.807) is 16.8 Å². The van der Waals surface area contributed by atoms with Crippen molar-refractivity contribution < 1.29 is 17.9 Å². The molecule has 1 N–H and O–H groups in total. The van der Waals surface area contributed by atoms with Gasteiger partial charge in [-0.3, -0.25) is 4.79 Å². The van der Waals surface area contributed by atoms with Crippen LogP contribution in [0.4, 0.5) is 5.82 Å². The molecule has 9 heteroatoms. The van der Waals surface area contributed by atoms with E-state index in [1.165, 1.54) is 13.2 Å². The van der Waals surface area contributed by atoms with E-state index in [4.69, 9.17) is 16.3 Å². The van der Waals surface area contributed by atoms with Crippen LogP contribution in [0.5, 0.6) is 5.75 Å². The van der Waals surface area contributed by atoms with Crippen molar-refractivity contribution in [3.63, 3.8) is 0 Å². The van der Waals surface area contributed by atoms with Crippen molar-refractivity contribution in [2.75, 3.05) is 12.4 Å². The van der Waals surface area contributed by atoms with Crippen LogP contribution in [0.1, 0.15) is 42.4 Å². The Balaban J connectivity index is 2.05. The number of nitrogens with one attached hydrogen (secondary N) is 1. The lowest BCUT2D eigenvalue weighted by Crippen LogP contribution is -2.28. The van der Waals surface area contributed by atoms with Crippen molar-refractivity contribution in [3.8, 4) is 5.75 Å². The highest BCUT2D eigenvalue weighted by atomic mass is 35.5. The Bertz CT molecular complexity index is 990. The van der Waals surface area contributed by atoms with Crippen molar-refractivity contribution in [2.24, 2.45) is 0 Å². The lowest BCUT2D eigenvalue weighted by Gasteiger charge is -2.23. The van der Waals surface area contributed by atoms with Crippen LogP contribution in [-0.4, -0.2) is 31.2 Å². The molecule has 1 aromatic heterocycles. The Kier molecular flexibility index (Phi) is 4.52. The second-order valence-electron chi connectivity index (χ2n) is 7.19. The Morgan fingerprint density at radius 3 is 2.62 bits per heavy atom. The minimum Gasteiger partial charge on any atom is -0.496 e. The first-order chi connectivity index (χ1) is 12.0. The van der Waals surface area contributed by atoms with Gasteiger partial charge < -0.3 is 10.1 Å². The number of nitrogens with zero attached hydrogens (tertiary/aromatic N) is 2. The second kappa shape index (κ2) is 6.28. The number of halogens is 1. The zero-order valence-electron chi connectivity index (χ0n) is 15.0. The molecule has 0 atom stereocenters.